The van der Waals surface area contributed by atoms with Crippen molar-refractivity contribution in [2.75, 3.05) is 7.11 Å². The third kappa shape index (κ3) is 6.93. The first-order valence-electron chi connectivity index (χ1n) is 10.1. The molecule has 2 nitrogen and oxygen atoms in total. The van der Waals surface area contributed by atoms with Crippen molar-refractivity contribution in [3.05, 3.63) is 71.8 Å². The summed E-state index contributed by atoms with van der Waals surface area (Å²) in [6.45, 7) is 6.41. The van der Waals surface area contributed by atoms with Crippen LogP contribution in [0.3, 0.4) is 0 Å². The normalized spacial score (nSPS) is 13.7. The summed E-state index contributed by atoms with van der Waals surface area (Å²) in [5, 5.41) is 0. The van der Waals surface area contributed by atoms with Gasteiger partial charge in [-0.1, -0.05) is 93.3 Å². The van der Waals surface area contributed by atoms with Gasteiger partial charge >= 0.3 is 0 Å². The average Bonchev–Trinajstić information content (AvgIpc) is 2.69. The number of unbranched alkanes of at least 4 members (excludes halogenated alkanes) is 3. The minimum Gasteiger partial charge on any atom is -0.380 e. The summed E-state index contributed by atoms with van der Waals surface area (Å²) in [5.41, 5.74) is 2.73. The molecule has 0 N–H and O–H groups in total. The van der Waals surface area contributed by atoms with Gasteiger partial charge in [-0.3, -0.25) is 4.90 Å². The molecule has 0 heterocycles. The van der Waals surface area contributed by atoms with E-state index in [-0.39, 0.29) is 6.10 Å². The summed E-state index contributed by atoms with van der Waals surface area (Å²) in [7, 11) is 1.84. The highest BCUT2D eigenvalue weighted by molar-refractivity contribution is 5.17. The van der Waals surface area contributed by atoms with Crippen molar-refractivity contribution in [3.63, 3.8) is 0 Å². The second-order valence-electron chi connectivity index (χ2n) is 7.23. The van der Waals surface area contributed by atoms with Gasteiger partial charge in [0, 0.05) is 26.2 Å². The third-order valence-electron chi connectivity index (χ3n) is 5.19. The number of nitrogens with zero attached hydrogens (tertiary/aromatic N) is 1. The summed E-state index contributed by atoms with van der Waals surface area (Å²) in [6.07, 6.45) is 6.60. The molecule has 0 saturated heterocycles. The lowest BCUT2D eigenvalue weighted by atomic mass is 10.00. The highest BCUT2D eigenvalue weighted by atomic mass is 16.5. The number of benzene rings is 2. The minimum absolute atomic E-state index is 0.226. The molecule has 0 bridgehead atoms. The Labute approximate surface area is 160 Å². The molecular weight excluding hydrogens is 318 g/mol. The molecule has 2 atom stereocenters. The fraction of sp³-hybridized carbons (Fsp3) is 0.500. The lowest BCUT2D eigenvalue weighted by Gasteiger charge is -2.35. The van der Waals surface area contributed by atoms with E-state index < -0.39 is 0 Å². The van der Waals surface area contributed by atoms with E-state index in [0.29, 0.717) is 6.04 Å². The van der Waals surface area contributed by atoms with Gasteiger partial charge in [0.2, 0.25) is 0 Å². The van der Waals surface area contributed by atoms with Crippen LogP contribution in [-0.4, -0.2) is 24.2 Å². The smallest absolute Gasteiger partial charge is 0.0698 e. The maximum atomic E-state index is 5.78. The second kappa shape index (κ2) is 11.9. The lowest BCUT2D eigenvalue weighted by molar-refractivity contribution is 0.0126. The number of hydrogen-bond acceptors (Lipinski definition) is 2. The molecule has 26 heavy (non-hydrogen) atoms. The monoisotopic (exact) mass is 353 g/mol. The van der Waals surface area contributed by atoms with Crippen molar-refractivity contribution in [3.8, 4) is 0 Å². The van der Waals surface area contributed by atoms with Crippen LogP contribution < -0.4 is 0 Å². The van der Waals surface area contributed by atoms with Gasteiger partial charge in [-0.25, -0.2) is 0 Å². The van der Waals surface area contributed by atoms with E-state index in [2.05, 4.69) is 79.4 Å². The molecule has 2 aromatic rings. The summed E-state index contributed by atoms with van der Waals surface area (Å²) >= 11 is 0. The van der Waals surface area contributed by atoms with E-state index >= 15 is 0 Å². The Morgan fingerprint density at radius 3 is 1.81 bits per heavy atom. The predicted molar refractivity (Wildman–Crippen MR) is 111 cm³/mol. The summed E-state index contributed by atoms with van der Waals surface area (Å²) in [4.78, 5) is 2.60. The first kappa shape index (κ1) is 20.7. The van der Waals surface area contributed by atoms with Gasteiger partial charge < -0.3 is 4.74 Å². The van der Waals surface area contributed by atoms with E-state index in [4.69, 9.17) is 4.74 Å². The third-order valence-corrected chi connectivity index (χ3v) is 5.19. The molecule has 0 aliphatic carbocycles. The molecular formula is C24H35NO. The zero-order valence-electron chi connectivity index (χ0n) is 16.7. The fourth-order valence-electron chi connectivity index (χ4n) is 3.58. The van der Waals surface area contributed by atoms with Crippen LogP contribution in [0, 0.1) is 0 Å². The molecule has 0 saturated carbocycles. The van der Waals surface area contributed by atoms with E-state index in [9.17, 15) is 0 Å². The zero-order valence-corrected chi connectivity index (χ0v) is 16.7. The Morgan fingerprint density at radius 1 is 0.808 bits per heavy atom. The van der Waals surface area contributed by atoms with E-state index in [1.165, 1.54) is 43.2 Å². The SMILES string of the molecule is CCCCCCC(C(C)OC)N(Cc1ccccc1)Cc1ccccc1. The van der Waals surface area contributed by atoms with Crippen LogP contribution in [0.15, 0.2) is 60.7 Å². The van der Waals surface area contributed by atoms with E-state index in [0.717, 1.165) is 13.1 Å². The molecule has 2 rings (SSSR count). The van der Waals surface area contributed by atoms with Gasteiger partial charge in [-0.2, -0.15) is 0 Å². The van der Waals surface area contributed by atoms with Crippen molar-refractivity contribution < 1.29 is 4.74 Å². The van der Waals surface area contributed by atoms with Gasteiger partial charge in [0.05, 0.1) is 6.10 Å². The van der Waals surface area contributed by atoms with Crippen LogP contribution >= 0.6 is 0 Å². The number of methoxy groups -OCH3 is 1. The van der Waals surface area contributed by atoms with Gasteiger partial charge in [-0.05, 0) is 24.5 Å². The Hall–Kier alpha value is -1.64. The molecule has 2 heteroatoms. The van der Waals surface area contributed by atoms with Gasteiger partial charge in [0.1, 0.15) is 0 Å². The van der Waals surface area contributed by atoms with Crippen LogP contribution in [0.25, 0.3) is 0 Å². The quantitative estimate of drug-likeness (QED) is 0.430. The van der Waals surface area contributed by atoms with Gasteiger partial charge in [0.15, 0.2) is 0 Å². The fourth-order valence-corrected chi connectivity index (χ4v) is 3.58. The van der Waals surface area contributed by atoms with Crippen LogP contribution in [0.2, 0.25) is 0 Å². The molecule has 0 spiro atoms. The molecule has 2 aromatic carbocycles. The number of hydrogen-bond donors (Lipinski definition) is 0. The van der Waals surface area contributed by atoms with Crippen molar-refractivity contribution in [1.29, 1.82) is 0 Å². The van der Waals surface area contributed by atoms with Crippen molar-refractivity contribution in [2.24, 2.45) is 0 Å². The number of ether oxygens (including phenoxy) is 1. The van der Waals surface area contributed by atoms with Crippen LogP contribution in [-0.2, 0) is 17.8 Å². The molecule has 0 radical (unpaired) electrons. The summed E-state index contributed by atoms with van der Waals surface area (Å²) in [5.74, 6) is 0. The largest absolute Gasteiger partial charge is 0.380 e. The average molecular weight is 354 g/mol. The van der Waals surface area contributed by atoms with Crippen LogP contribution in [0.5, 0.6) is 0 Å². The first-order chi connectivity index (χ1) is 12.7. The minimum atomic E-state index is 0.226. The van der Waals surface area contributed by atoms with Gasteiger partial charge in [-0.15, -0.1) is 0 Å². The second-order valence-corrected chi connectivity index (χ2v) is 7.23. The van der Waals surface area contributed by atoms with E-state index in [1.807, 2.05) is 7.11 Å². The summed E-state index contributed by atoms with van der Waals surface area (Å²) < 4.78 is 5.78. The zero-order chi connectivity index (χ0) is 18.6. The molecule has 2 unspecified atom stereocenters. The Balaban J connectivity index is 2.15. The Bertz CT molecular complexity index is 542. The maximum absolute atomic E-state index is 5.78. The van der Waals surface area contributed by atoms with Crippen molar-refractivity contribution in [1.82, 2.24) is 4.90 Å². The maximum Gasteiger partial charge on any atom is 0.0698 e. The van der Waals surface area contributed by atoms with Crippen molar-refractivity contribution >= 4 is 0 Å². The Kier molecular flexibility index (Phi) is 9.44. The highest BCUT2D eigenvalue weighted by Gasteiger charge is 2.24. The molecule has 0 amide bonds. The number of rotatable bonds is 12. The Morgan fingerprint density at radius 2 is 1.35 bits per heavy atom. The van der Waals surface area contributed by atoms with Gasteiger partial charge in [0.25, 0.3) is 0 Å². The standard InChI is InChI=1S/C24H35NO/c1-4-5-6-13-18-24(21(2)26-3)25(19-22-14-9-7-10-15-22)20-23-16-11-8-12-17-23/h7-12,14-17,21,24H,4-6,13,18-20H2,1-3H3. The molecule has 0 aliphatic heterocycles. The van der Waals surface area contributed by atoms with Crippen LogP contribution in [0.1, 0.15) is 57.1 Å². The molecule has 0 aromatic heterocycles. The van der Waals surface area contributed by atoms with E-state index in [1.54, 1.807) is 0 Å². The van der Waals surface area contributed by atoms with Crippen LogP contribution in [0.4, 0.5) is 0 Å². The predicted octanol–water partition coefficient (Wildman–Crippen LogP) is 6.06. The van der Waals surface area contributed by atoms with Crippen molar-refractivity contribution in [2.45, 2.75) is 71.2 Å². The first-order valence-corrected chi connectivity index (χ1v) is 10.1. The highest BCUT2D eigenvalue weighted by Crippen LogP contribution is 2.21. The summed E-state index contributed by atoms with van der Waals surface area (Å²) in [6, 6.07) is 22.0. The topological polar surface area (TPSA) is 12.5 Å². The lowest BCUT2D eigenvalue weighted by Crippen LogP contribution is -2.42. The molecule has 142 valence electrons. The molecule has 0 fully saturated rings. The molecule has 0 aliphatic rings.